The topological polar surface area (TPSA) is 71.7 Å². The summed E-state index contributed by atoms with van der Waals surface area (Å²) >= 11 is 0. The third kappa shape index (κ3) is 7.26. The van der Waals surface area contributed by atoms with Crippen LogP contribution in [0.15, 0.2) is 70.2 Å². The van der Waals surface area contributed by atoms with Gasteiger partial charge in [0, 0.05) is 19.0 Å². The minimum Gasteiger partial charge on any atom is -0.443 e. The Morgan fingerprint density at radius 2 is 1.61 bits per heavy atom. The van der Waals surface area contributed by atoms with Gasteiger partial charge in [-0.15, -0.1) is 0 Å². The number of hydrogen-bond acceptors (Lipinski definition) is 4. The number of guanidine groups is 1. The molecule has 0 saturated heterocycles. The monoisotopic (exact) mass is 420 g/mol. The van der Waals surface area contributed by atoms with Crippen LogP contribution in [0, 0.1) is 0 Å². The molecule has 3 rings (SSSR count). The maximum atomic E-state index is 5.85. The second-order valence-corrected chi connectivity index (χ2v) is 8.45. The van der Waals surface area contributed by atoms with E-state index in [1.165, 1.54) is 5.56 Å². The first-order valence-corrected chi connectivity index (χ1v) is 10.5. The van der Waals surface area contributed by atoms with Gasteiger partial charge in [0.25, 0.3) is 0 Å². The van der Waals surface area contributed by atoms with Crippen LogP contribution < -0.4 is 10.6 Å². The molecule has 0 unspecified atom stereocenters. The van der Waals surface area contributed by atoms with Crippen molar-refractivity contribution >= 4 is 5.96 Å². The van der Waals surface area contributed by atoms with E-state index in [9.17, 15) is 0 Å². The second kappa shape index (κ2) is 10.8. The first kappa shape index (κ1) is 22.6. The summed E-state index contributed by atoms with van der Waals surface area (Å²) < 4.78 is 11.7. The van der Waals surface area contributed by atoms with Gasteiger partial charge in [0.05, 0.1) is 26.0 Å². The summed E-state index contributed by atoms with van der Waals surface area (Å²) in [5.41, 5.74) is 3.43. The third-order valence-corrected chi connectivity index (χ3v) is 4.76. The highest BCUT2D eigenvalue weighted by Gasteiger charge is 2.19. The summed E-state index contributed by atoms with van der Waals surface area (Å²) in [6.45, 7) is 8.63. The Morgan fingerprint density at radius 1 is 0.935 bits per heavy atom. The Bertz CT molecular complexity index is 974. The van der Waals surface area contributed by atoms with Crippen LogP contribution in [0.25, 0.3) is 0 Å². The van der Waals surface area contributed by atoms with Gasteiger partial charge in [-0.2, -0.15) is 0 Å². The van der Waals surface area contributed by atoms with E-state index < -0.39 is 0 Å². The molecule has 0 amide bonds. The lowest BCUT2D eigenvalue weighted by Crippen LogP contribution is -2.36. The van der Waals surface area contributed by atoms with Gasteiger partial charge in [-0.05, 0) is 16.7 Å². The van der Waals surface area contributed by atoms with E-state index in [0.29, 0.717) is 38.2 Å². The number of oxazole rings is 1. The predicted molar refractivity (Wildman–Crippen MR) is 124 cm³/mol. The van der Waals surface area contributed by atoms with Gasteiger partial charge >= 0.3 is 0 Å². The van der Waals surface area contributed by atoms with Gasteiger partial charge in [0.1, 0.15) is 5.76 Å². The quantitative estimate of drug-likeness (QED) is 0.413. The third-order valence-electron chi connectivity index (χ3n) is 4.76. The highest BCUT2D eigenvalue weighted by Crippen LogP contribution is 2.22. The van der Waals surface area contributed by atoms with Crippen molar-refractivity contribution in [3.8, 4) is 0 Å². The Labute approximate surface area is 184 Å². The zero-order valence-electron chi connectivity index (χ0n) is 18.8. The molecule has 6 heteroatoms. The first-order chi connectivity index (χ1) is 14.9. The molecular formula is C25H32N4O2. The van der Waals surface area contributed by atoms with E-state index in [4.69, 9.17) is 9.15 Å². The van der Waals surface area contributed by atoms with Gasteiger partial charge in [-0.1, -0.05) is 75.4 Å². The number of nitrogens with zero attached hydrogens (tertiary/aromatic N) is 2. The maximum Gasteiger partial charge on any atom is 0.213 e. The summed E-state index contributed by atoms with van der Waals surface area (Å²) in [7, 11) is 1.75. The first-order valence-electron chi connectivity index (χ1n) is 10.5. The molecule has 31 heavy (non-hydrogen) atoms. The summed E-state index contributed by atoms with van der Waals surface area (Å²) in [6, 6.07) is 18.6. The predicted octanol–water partition coefficient (Wildman–Crippen LogP) is 4.55. The Kier molecular flexibility index (Phi) is 7.84. The number of rotatable bonds is 8. The van der Waals surface area contributed by atoms with Gasteiger partial charge in [0.15, 0.2) is 5.96 Å². The lowest BCUT2D eigenvalue weighted by Gasteiger charge is -2.13. The molecule has 3 aromatic rings. The molecule has 2 aromatic carbocycles. The lowest BCUT2D eigenvalue weighted by molar-refractivity contribution is 0.107. The lowest BCUT2D eigenvalue weighted by atomic mass is 9.94. The Morgan fingerprint density at radius 3 is 2.32 bits per heavy atom. The normalized spacial score (nSPS) is 12.1. The summed E-state index contributed by atoms with van der Waals surface area (Å²) in [5, 5.41) is 6.58. The van der Waals surface area contributed by atoms with Crippen molar-refractivity contribution in [2.75, 3.05) is 7.05 Å². The summed E-state index contributed by atoms with van der Waals surface area (Å²) in [4.78, 5) is 8.62. The highest BCUT2D eigenvalue weighted by molar-refractivity contribution is 5.79. The number of nitrogens with one attached hydrogen (secondary N) is 2. The number of hydrogen-bond donors (Lipinski definition) is 2. The van der Waals surface area contributed by atoms with Crippen molar-refractivity contribution in [3.05, 3.63) is 89.1 Å². The SMILES string of the molecule is CN=C(NCc1cccc(COCc2ccccc2)c1)NCc1ncc(C(C)(C)C)o1. The average Bonchev–Trinajstić information content (AvgIpc) is 3.25. The average molecular weight is 421 g/mol. The second-order valence-electron chi connectivity index (χ2n) is 8.45. The molecule has 164 valence electrons. The number of aromatic nitrogens is 1. The molecular weight excluding hydrogens is 388 g/mol. The van der Waals surface area contributed by atoms with Crippen LogP contribution >= 0.6 is 0 Å². The largest absolute Gasteiger partial charge is 0.443 e. The van der Waals surface area contributed by atoms with Crippen LogP contribution in [0.4, 0.5) is 0 Å². The van der Waals surface area contributed by atoms with Crippen LogP contribution in [0.1, 0.15) is 49.1 Å². The van der Waals surface area contributed by atoms with Crippen molar-refractivity contribution in [1.82, 2.24) is 15.6 Å². The van der Waals surface area contributed by atoms with Gasteiger partial charge in [0.2, 0.25) is 5.89 Å². The standard InChI is InChI=1S/C25H32N4O2/c1-25(2,3)22-15-27-23(31-22)16-29-24(26-4)28-14-20-11-8-12-21(13-20)18-30-17-19-9-6-5-7-10-19/h5-13,15H,14,16-18H2,1-4H3,(H2,26,28,29). The molecule has 1 aromatic heterocycles. The van der Waals surface area contributed by atoms with Crippen molar-refractivity contribution in [2.24, 2.45) is 4.99 Å². The molecule has 0 saturated carbocycles. The number of aliphatic imine (C=N–C) groups is 1. The fourth-order valence-corrected chi connectivity index (χ4v) is 2.99. The minimum absolute atomic E-state index is 0.0546. The van der Waals surface area contributed by atoms with E-state index in [0.717, 1.165) is 16.9 Å². The minimum atomic E-state index is -0.0546. The van der Waals surface area contributed by atoms with Gasteiger partial charge in [-0.25, -0.2) is 4.98 Å². The summed E-state index contributed by atoms with van der Waals surface area (Å²) in [5.74, 6) is 2.21. The van der Waals surface area contributed by atoms with Crippen LogP contribution in [-0.2, 0) is 36.5 Å². The fourth-order valence-electron chi connectivity index (χ4n) is 2.99. The molecule has 0 bridgehead atoms. The van der Waals surface area contributed by atoms with Crippen molar-refractivity contribution < 1.29 is 9.15 Å². The molecule has 0 aliphatic carbocycles. The molecule has 0 radical (unpaired) electrons. The maximum absolute atomic E-state index is 5.85. The van der Waals surface area contributed by atoms with Crippen LogP contribution in [0.2, 0.25) is 0 Å². The van der Waals surface area contributed by atoms with Crippen molar-refractivity contribution in [2.45, 2.75) is 52.5 Å². The Hall–Kier alpha value is -3.12. The number of benzene rings is 2. The fraction of sp³-hybridized carbons (Fsp3) is 0.360. The zero-order valence-corrected chi connectivity index (χ0v) is 18.8. The van der Waals surface area contributed by atoms with E-state index >= 15 is 0 Å². The molecule has 0 fully saturated rings. The molecule has 0 aliphatic rings. The van der Waals surface area contributed by atoms with Crippen molar-refractivity contribution in [3.63, 3.8) is 0 Å². The van der Waals surface area contributed by atoms with Crippen LogP contribution in [0.5, 0.6) is 0 Å². The Balaban J connectivity index is 1.45. The van der Waals surface area contributed by atoms with Gasteiger partial charge in [-0.3, -0.25) is 4.99 Å². The van der Waals surface area contributed by atoms with Crippen molar-refractivity contribution in [1.29, 1.82) is 0 Å². The molecule has 0 spiro atoms. The van der Waals surface area contributed by atoms with E-state index in [2.05, 4.69) is 77.8 Å². The molecule has 0 atom stereocenters. The van der Waals surface area contributed by atoms with E-state index in [1.807, 2.05) is 18.2 Å². The smallest absolute Gasteiger partial charge is 0.213 e. The molecule has 0 aliphatic heterocycles. The molecule has 2 N–H and O–H groups in total. The molecule has 6 nitrogen and oxygen atoms in total. The van der Waals surface area contributed by atoms with Crippen LogP contribution in [-0.4, -0.2) is 18.0 Å². The molecule has 1 heterocycles. The van der Waals surface area contributed by atoms with E-state index in [-0.39, 0.29) is 5.41 Å². The van der Waals surface area contributed by atoms with Crippen LogP contribution in [0.3, 0.4) is 0 Å². The zero-order chi connectivity index (χ0) is 22.1. The summed E-state index contributed by atoms with van der Waals surface area (Å²) in [6.07, 6.45) is 1.79. The highest BCUT2D eigenvalue weighted by atomic mass is 16.5. The van der Waals surface area contributed by atoms with E-state index in [1.54, 1.807) is 13.2 Å². The van der Waals surface area contributed by atoms with Gasteiger partial charge < -0.3 is 19.8 Å². The number of ether oxygens (including phenoxy) is 1.